The van der Waals surface area contributed by atoms with Crippen molar-refractivity contribution in [1.29, 1.82) is 0 Å². The fourth-order valence-corrected chi connectivity index (χ4v) is 5.98. The lowest BCUT2D eigenvalue weighted by Crippen LogP contribution is -2.54. The predicted octanol–water partition coefficient (Wildman–Crippen LogP) is 3.96. The van der Waals surface area contributed by atoms with Gasteiger partial charge in [-0.3, -0.25) is 9.36 Å². The number of halogens is 1. The summed E-state index contributed by atoms with van der Waals surface area (Å²) < 4.78 is 33.3. The van der Waals surface area contributed by atoms with E-state index in [1.807, 2.05) is 18.2 Å². The third kappa shape index (κ3) is 4.11. The van der Waals surface area contributed by atoms with Crippen LogP contribution < -0.4 is 15.2 Å². The molecule has 0 fully saturated rings. The van der Waals surface area contributed by atoms with Crippen LogP contribution in [0, 0.1) is 5.82 Å². The molecule has 11 heteroatoms. The lowest BCUT2D eigenvalue weighted by molar-refractivity contribution is 0.0600. The molecule has 0 saturated carbocycles. The Labute approximate surface area is 237 Å². The van der Waals surface area contributed by atoms with E-state index in [1.54, 1.807) is 54.4 Å². The van der Waals surface area contributed by atoms with E-state index in [4.69, 9.17) is 18.9 Å². The summed E-state index contributed by atoms with van der Waals surface area (Å²) in [6.07, 6.45) is 0.525. The van der Waals surface area contributed by atoms with Gasteiger partial charge in [-0.25, -0.2) is 19.2 Å². The van der Waals surface area contributed by atoms with Gasteiger partial charge in [-0.2, -0.15) is 0 Å². The largest absolute Gasteiger partial charge is 0.489 e. The van der Waals surface area contributed by atoms with Crippen molar-refractivity contribution in [1.82, 2.24) is 14.5 Å². The molecule has 2 aromatic heterocycles. The maximum atomic E-state index is 15.6. The molecule has 6 rings (SSSR count). The van der Waals surface area contributed by atoms with Crippen molar-refractivity contribution < 1.29 is 23.1 Å². The molecular weight excluding hydrogens is 543 g/mol. The monoisotopic (exact) mass is 567 g/mol. The quantitative estimate of drug-likeness (QED) is 0.233. The normalized spacial score (nSPS) is 16.5. The second-order valence-corrected chi connectivity index (χ2v) is 10.3. The number of fused-ring (bicyclic) bond motifs is 2. The molecule has 1 atom stereocenters. The van der Waals surface area contributed by atoms with Gasteiger partial charge in [-0.15, -0.1) is 0 Å². The summed E-state index contributed by atoms with van der Waals surface area (Å²) >= 11 is 0. The first kappa shape index (κ1) is 26.4. The average Bonchev–Trinajstić information content (AvgIpc) is 3.43. The Balaban J connectivity index is 1.63. The van der Waals surface area contributed by atoms with Crippen LogP contribution in [0.5, 0.6) is 5.75 Å². The fraction of sp³-hybridized carbons (Fsp3) is 0.200. The molecule has 0 amide bonds. The highest BCUT2D eigenvalue weighted by atomic mass is 28.1. The number of para-hydroxylation sites is 2. The van der Waals surface area contributed by atoms with Crippen molar-refractivity contribution in [3.8, 4) is 17.3 Å². The topological polar surface area (TPSA) is 99.7 Å². The standard InChI is InChI=1S/C30H24FN4O5Si/c1-34-27(36)25(38-2)24(26-32-22-10-6-7-11-23(22)40-26)33-29(34)35-15-14-17-12-13-18(28(37)39-3)16-20(17)30(35,41)19-8-4-5-9-21(19)31/h4-13,16H,14-15H2,1-3H3/t30-/m1/s1. The second-order valence-electron chi connectivity index (χ2n) is 9.60. The number of esters is 1. The minimum atomic E-state index is -1.37. The molecule has 5 aromatic rings. The van der Waals surface area contributed by atoms with Gasteiger partial charge >= 0.3 is 5.97 Å². The minimum absolute atomic E-state index is 0.0429. The molecule has 0 spiro atoms. The number of oxazole rings is 1. The Kier molecular flexibility index (Phi) is 6.45. The number of carbonyl (C=O) groups is 1. The molecule has 41 heavy (non-hydrogen) atoms. The van der Waals surface area contributed by atoms with Crippen molar-refractivity contribution in [3.63, 3.8) is 0 Å². The first-order valence-corrected chi connectivity index (χ1v) is 13.3. The number of anilines is 1. The first-order valence-electron chi connectivity index (χ1n) is 12.8. The molecule has 1 aliphatic heterocycles. The lowest BCUT2D eigenvalue weighted by atomic mass is 9.86. The number of rotatable bonds is 5. The Bertz CT molecular complexity index is 1850. The summed E-state index contributed by atoms with van der Waals surface area (Å²) in [5, 5.41) is -1.37. The van der Waals surface area contributed by atoms with Crippen LogP contribution in [-0.2, 0) is 23.4 Å². The summed E-state index contributed by atoms with van der Waals surface area (Å²) in [5.41, 5.74) is 2.83. The van der Waals surface area contributed by atoms with Gasteiger partial charge in [0.15, 0.2) is 11.3 Å². The Morgan fingerprint density at radius 3 is 2.54 bits per heavy atom. The molecule has 205 valence electrons. The molecule has 9 nitrogen and oxygen atoms in total. The van der Waals surface area contributed by atoms with Gasteiger partial charge in [-0.1, -0.05) is 36.4 Å². The molecule has 0 bridgehead atoms. The van der Waals surface area contributed by atoms with Crippen LogP contribution in [0.3, 0.4) is 0 Å². The van der Waals surface area contributed by atoms with Crippen LogP contribution in [-0.4, -0.2) is 51.5 Å². The van der Waals surface area contributed by atoms with E-state index in [2.05, 4.69) is 15.2 Å². The predicted molar refractivity (Wildman–Crippen MR) is 151 cm³/mol. The van der Waals surface area contributed by atoms with Crippen LogP contribution in [0.4, 0.5) is 10.3 Å². The lowest BCUT2D eigenvalue weighted by Gasteiger charge is -2.47. The summed E-state index contributed by atoms with van der Waals surface area (Å²) in [6, 6.07) is 18.7. The highest BCUT2D eigenvalue weighted by molar-refractivity contribution is 6.20. The van der Waals surface area contributed by atoms with E-state index >= 15 is 4.39 Å². The summed E-state index contributed by atoms with van der Waals surface area (Å²) in [6.45, 7) is 0.349. The van der Waals surface area contributed by atoms with Crippen LogP contribution in [0.1, 0.15) is 27.0 Å². The van der Waals surface area contributed by atoms with Gasteiger partial charge in [0.25, 0.3) is 11.4 Å². The van der Waals surface area contributed by atoms with Gasteiger partial charge in [0, 0.05) is 19.2 Å². The zero-order valence-electron chi connectivity index (χ0n) is 22.5. The van der Waals surface area contributed by atoms with Crippen molar-refractivity contribution in [3.05, 3.63) is 105 Å². The second kappa shape index (κ2) is 10.0. The molecule has 3 aromatic carbocycles. The van der Waals surface area contributed by atoms with E-state index < -0.39 is 22.5 Å². The maximum absolute atomic E-state index is 15.6. The van der Waals surface area contributed by atoms with Crippen LogP contribution in [0.15, 0.2) is 75.9 Å². The van der Waals surface area contributed by atoms with E-state index in [-0.39, 0.29) is 28.8 Å². The van der Waals surface area contributed by atoms with Crippen LogP contribution in [0.25, 0.3) is 22.7 Å². The van der Waals surface area contributed by atoms with Crippen molar-refractivity contribution >= 4 is 33.3 Å². The van der Waals surface area contributed by atoms with Crippen molar-refractivity contribution in [2.75, 3.05) is 25.7 Å². The highest BCUT2D eigenvalue weighted by Crippen LogP contribution is 2.43. The van der Waals surface area contributed by atoms with Gasteiger partial charge < -0.3 is 18.8 Å². The molecule has 1 aliphatic rings. The van der Waals surface area contributed by atoms with Crippen molar-refractivity contribution in [2.24, 2.45) is 7.05 Å². The number of benzene rings is 3. The number of methoxy groups -OCH3 is 2. The average molecular weight is 568 g/mol. The van der Waals surface area contributed by atoms with E-state index in [9.17, 15) is 9.59 Å². The van der Waals surface area contributed by atoms with Gasteiger partial charge in [0.2, 0.25) is 11.7 Å². The molecule has 3 heterocycles. The molecule has 0 saturated heterocycles. The van der Waals surface area contributed by atoms with Gasteiger partial charge in [0.1, 0.15) is 11.3 Å². The third-order valence-corrected chi connectivity index (χ3v) is 8.17. The Morgan fingerprint density at radius 1 is 1.05 bits per heavy atom. The van der Waals surface area contributed by atoms with Crippen LogP contribution in [0.2, 0.25) is 0 Å². The SMILES string of the molecule is COC(=O)c1ccc2c(c1)[C@]([Si])(c1ccccc1F)N(c1nc(-c3nc4ccccc4o3)c(OC)c(=O)n1C)CC2. The molecule has 0 aliphatic carbocycles. The number of hydrogen-bond acceptors (Lipinski definition) is 8. The minimum Gasteiger partial charge on any atom is -0.489 e. The van der Waals surface area contributed by atoms with E-state index in [0.717, 1.165) is 5.56 Å². The zero-order valence-corrected chi connectivity index (χ0v) is 23.5. The van der Waals surface area contributed by atoms with Gasteiger partial charge in [0.05, 0.1) is 35.2 Å². The zero-order chi connectivity index (χ0) is 28.9. The maximum Gasteiger partial charge on any atom is 0.337 e. The molecule has 0 N–H and O–H groups in total. The van der Waals surface area contributed by atoms with Crippen LogP contribution >= 0.6 is 0 Å². The smallest absolute Gasteiger partial charge is 0.337 e. The molecule has 0 unspecified atom stereocenters. The van der Waals surface area contributed by atoms with E-state index in [0.29, 0.717) is 35.2 Å². The summed E-state index contributed by atoms with van der Waals surface area (Å²) in [4.78, 5) is 37.3. The third-order valence-electron chi connectivity index (χ3n) is 7.36. The highest BCUT2D eigenvalue weighted by Gasteiger charge is 2.44. The van der Waals surface area contributed by atoms with E-state index in [1.165, 1.54) is 24.9 Å². The summed E-state index contributed by atoms with van der Waals surface area (Å²) in [7, 11) is 8.20. The fourth-order valence-electron chi connectivity index (χ4n) is 5.33. The number of carbonyl (C=O) groups excluding carboxylic acids is 1. The Morgan fingerprint density at radius 2 is 1.80 bits per heavy atom. The summed E-state index contributed by atoms with van der Waals surface area (Å²) in [5.74, 6) is -0.737. The van der Waals surface area contributed by atoms with Crippen molar-refractivity contribution in [2.45, 2.75) is 11.6 Å². The molecule has 3 radical (unpaired) electrons. The number of hydrogen-bond donors (Lipinski definition) is 0. The first-order chi connectivity index (χ1) is 19.8. The number of ether oxygens (including phenoxy) is 2. The van der Waals surface area contributed by atoms with Gasteiger partial charge in [-0.05, 0) is 47.9 Å². The molecular formula is C30H24FN4O5Si. The Hall–Kier alpha value is -4.77. The number of nitrogens with zero attached hydrogens (tertiary/aromatic N) is 4. The number of aromatic nitrogens is 3.